The second kappa shape index (κ2) is 6.67. The average Bonchev–Trinajstić information content (AvgIpc) is 2.92. The van der Waals surface area contributed by atoms with Gasteiger partial charge in [0.2, 0.25) is 0 Å². The summed E-state index contributed by atoms with van der Waals surface area (Å²) in [6, 6.07) is 27.1. The number of hydrogen-bond acceptors (Lipinski definition) is 4. The van der Waals surface area contributed by atoms with Gasteiger partial charge in [0.25, 0.3) is 13.4 Å². The maximum absolute atomic E-state index is 6.69. The van der Waals surface area contributed by atoms with E-state index in [-0.39, 0.29) is 19.5 Å². The van der Waals surface area contributed by atoms with Gasteiger partial charge in [-0.05, 0) is 69.8 Å². The van der Waals surface area contributed by atoms with E-state index < -0.39 is 0 Å². The topological polar surface area (TPSA) is 36.9 Å². The number of para-hydroxylation sites is 2. The van der Waals surface area contributed by atoms with Crippen molar-refractivity contribution in [1.82, 2.24) is 0 Å². The first-order valence-corrected chi connectivity index (χ1v) is 12.4. The molecule has 0 saturated heterocycles. The van der Waals surface area contributed by atoms with Gasteiger partial charge in [-0.1, -0.05) is 48.5 Å². The highest BCUT2D eigenvalue weighted by Gasteiger charge is 2.47. The van der Waals surface area contributed by atoms with E-state index in [1.54, 1.807) is 0 Å². The number of fused-ring (bicyclic) bond motifs is 8. The van der Waals surface area contributed by atoms with Gasteiger partial charge in [0.15, 0.2) is 0 Å². The first-order valence-electron chi connectivity index (χ1n) is 12.4. The normalized spacial score (nSPS) is 18.7. The molecule has 0 amide bonds. The molecule has 0 aromatic heterocycles. The molecule has 0 bridgehead atoms. The number of hydrogen-bond donors (Lipinski definition) is 0. The van der Waals surface area contributed by atoms with Crippen LogP contribution < -0.4 is 46.3 Å². The van der Waals surface area contributed by atoms with Crippen molar-refractivity contribution in [2.24, 2.45) is 0 Å². The lowest BCUT2D eigenvalue weighted by atomic mass is 9.31. The van der Waals surface area contributed by atoms with Gasteiger partial charge in [-0.15, -0.1) is 0 Å². The Kier molecular flexibility index (Phi) is 3.51. The molecular formula is C30H18B2O4. The standard InChI is InChI=1S/C30H18B2O4/c1-3-9-21-17(7-1)31-19-15-28-20(16-27(19)35-25-13-5-11-23(33-21)29(25)31)32-18-8-2-4-10-22(18)34-24-12-6-14-26(36-28)30(24)32/h1-13,15-16,26H,14H2. The Labute approximate surface area is 208 Å². The van der Waals surface area contributed by atoms with Crippen LogP contribution in [-0.4, -0.2) is 19.5 Å². The Bertz CT molecular complexity index is 1710. The van der Waals surface area contributed by atoms with Gasteiger partial charge >= 0.3 is 0 Å². The minimum Gasteiger partial charge on any atom is -0.487 e. The largest absolute Gasteiger partial charge is 0.487 e. The van der Waals surface area contributed by atoms with Crippen LogP contribution in [0.1, 0.15) is 6.42 Å². The van der Waals surface area contributed by atoms with E-state index in [1.165, 1.54) is 10.9 Å². The number of allylic oxidation sites excluding steroid dienone is 1. The van der Waals surface area contributed by atoms with E-state index in [0.29, 0.717) is 0 Å². The smallest absolute Gasteiger partial charge is 0.260 e. The molecule has 4 heterocycles. The molecule has 4 aromatic rings. The summed E-state index contributed by atoms with van der Waals surface area (Å²) in [5.41, 5.74) is 6.86. The average molecular weight is 464 g/mol. The summed E-state index contributed by atoms with van der Waals surface area (Å²) in [4.78, 5) is 0. The number of ether oxygens (including phenoxy) is 4. The second-order valence-corrected chi connectivity index (χ2v) is 9.91. The Hall–Kier alpha value is -4.31. The maximum atomic E-state index is 6.69. The summed E-state index contributed by atoms with van der Waals surface area (Å²) < 4.78 is 25.8. The van der Waals surface area contributed by atoms with Crippen LogP contribution in [0.3, 0.4) is 0 Å². The Morgan fingerprint density at radius 2 is 1.22 bits per heavy atom. The minimum atomic E-state index is -0.0387. The molecule has 9 rings (SSSR count). The molecule has 1 aliphatic carbocycles. The van der Waals surface area contributed by atoms with Crippen molar-refractivity contribution < 1.29 is 18.9 Å². The van der Waals surface area contributed by atoms with Crippen molar-refractivity contribution in [3.8, 4) is 34.5 Å². The fourth-order valence-electron chi connectivity index (χ4n) is 6.55. The Morgan fingerprint density at radius 1 is 0.583 bits per heavy atom. The lowest BCUT2D eigenvalue weighted by molar-refractivity contribution is 0.235. The van der Waals surface area contributed by atoms with Crippen LogP contribution in [0.5, 0.6) is 34.5 Å². The fourth-order valence-corrected chi connectivity index (χ4v) is 6.55. The minimum absolute atomic E-state index is 0.0273. The number of benzene rings is 4. The van der Waals surface area contributed by atoms with E-state index >= 15 is 0 Å². The van der Waals surface area contributed by atoms with Crippen molar-refractivity contribution >= 4 is 40.7 Å². The molecule has 0 spiro atoms. The predicted molar refractivity (Wildman–Crippen MR) is 141 cm³/mol. The maximum Gasteiger partial charge on any atom is 0.260 e. The third-order valence-electron chi connectivity index (χ3n) is 8.03. The van der Waals surface area contributed by atoms with E-state index in [1.807, 2.05) is 36.4 Å². The molecule has 0 saturated carbocycles. The van der Waals surface area contributed by atoms with Crippen LogP contribution in [0.2, 0.25) is 0 Å². The Balaban J connectivity index is 1.30. The molecule has 36 heavy (non-hydrogen) atoms. The first-order chi connectivity index (χ1) is 17.8. The summed E-state index contributed by atoms with van der Waals surface area (Å²) in [6.45, 7) is 0.104. The lowest BCUT2D eigenvalue weighted by Crippen LogP contribution is -2.60. The lowest BCUT2D eigenvalue weighted by Gasteiger charge is -2.40. The molecule has 0 N–H and O–H groups in total. The summed E-state index contributed by atoms with van der Waals surface area (Å²) >= 11 is 0. The van der Waals surface area contributed by atoms with Gasteiger partial charge in [0.05, 0.1) is 0 Å². The van der Waals surface area contributed by atoms with Gasteiger partial charge in [-0.25, -0.2) is 0 Å². The third-order valence-corrected chi connectivity index (χ3v) is 8.03. The molecule has 1 atom stereocenters. The molecule has 0 radical (unpaired) electrons. The van der Waals surface area contributed by atoms with Gasteiger partial charge < -0.3 is 18.9 Å². The van der Waals surface area contributed by atoms with Crippen LogP contribution in [0, 0.1) is 0 Å². The predicted octanol–water partition coefficient (Wildman–Crippen LogP) is 2.93. The molecule has 4 aromatic carbocycles. The SMILES string of the molecule is C1=CC2=C3B(c4ccccc4O2)c2cc4c(cc2OC3C1)B1c2ccccc2Oc2cccc(c21)O4. The zero-order valence-electron chi connectivity index (χ0n) is 19.2. The third kappa shape index (κ3) is 2.36. The molecular weight excluding hydrogens is 446 g/mol. The van der Waals surface area contributed by atoms with Gasteiger partial charge in [-0.3, -0.25) is 0 Å². The molecule has 0 fully saturated rings. The van der Waals surface area contributed by atoms with Crippen molar-refractivity contribution in [2.75, 3.05) is 0 Å². The van der Waals surface area contributed by atoms with Crippen molar-refractivity contribution in [3.63, 3.8) is 0 Å². The molecule has 4 aliphatic heterocycles. The molecule has 1 unspecified atom stereocenters. The zero-order valence-corrected chi connectivity index (χ0v) is 19.2. The molecule has 4 nitrogen and oxygen atoms in total. The van der Waals surface area contributed by atoms with Gasteiger partial charge in [0.1, 0.15) is 46.4 Å². The highest BCUT2D eigenvalue weighted by Crippen LogP contribution is 2.39. The number of rotatable bonds is 0. The molecule has 168 valence electrons. The fraction of sp³-hybridized carbons (Fsp3) is 0.0667. The van der Waals surface area contributed by atoms with E-state index in [0.717, 1.165) is 68.5 Å². The highest BCUT2D eigenvalue weighted by molar-refractivity contribution is 6.98. The summed E-state index contributed by atoms with van der Waals surface area (Å²) in [7, 11) is 0. The first kappa shape index (κ1) is 18.9. The van der Waals surface area contributed by atoms with Crippen molar-refractivity contribution in [3.05, 3.63) is 102 Å². The van der Waals surface area contributed by atoms with Gasteiger partial charge in [0, 0.05) is 11.9 Å². The summed E-state index contributed by atoms with van der Waals surface area (Å²) in [5, 5.41) is 0. The Morgan fingerprint density at radius 3 is 2.06 bits per heavy atom. The summed E-state index contributed by atoms with van der Waals surface area (Å²) in [6.07, 6.45) is 5.04. The van der Waals surface area contributed by atoms with Crippen LogP contribution in [-0.2, 0) is 0 Å². The highest BCUT2D eigenvalue weighted by atomic mass is 16.5. The van der Waals surface area contributed by atoms with Crippen LogP contribution in [0.4, 0.5) is 0 Å². The molecule has 5 aliphatic rings. The van der Waals surface area contributed by atoms with E-state index in [4.69, 9.17) is 18.9 Å². The van der Waals surface area contributed by atoms with E-state index in [9.17, 15) is 0 Å². The molecule has 6 heteroatoms. The zero-order chi connectivity index (χ0) is 23.4. The van der Waals surface area contributed by atoms with Crippen LogP contribution in [0.25, 0.3) is 0 Å². The quantitative estimate of drug-likeness (QED) is 0.324. The second-order valence-electron chi connectivity index (χ2n) is 9.91. The van der Waals surface area contributed by atoms with Crippen LogP contribution in [0.15, 0.2) is 102 Å². The van der Waals surface area contributed by atoms with Gasteiger partial charge in [-0.2, -0.15) is 0 Å². The monoisotopic (exact) mass is 464 g/mol. The summed E-state index contributed by atoms with van der Waals surface area (Å²) in [5.74, 6) is 6.21. The van der Waals surface area contributed by atoms with Crippen LogP contribution >= 0.6 is 0 Å². The van der Waals surface area contributed by atoms with E-state index in [2.05, 4.69) is 54.6 Å². The van der Waals surface area contributed by atoms with Crippen molar-refractivity contribution in [2.45, 2.75) is 12.5 Å². The van der Waals surface area contributed by atoms with Crippen molar-refractivity contribution in [1.29, 1.82) is 0 Å².